The predicted octanol–water partition coefficient (Wildman–Crippen LogP) is 4.45. The van der Waals surface area contributed by atoms with Crippen molar-refractivity contribution < 1.29 is 19.1 Å². The number of carbonyl (C=O) groups excluding carboxylic acids is 3. The molecule has 1 aliphatic heterocycles. The lowest BCUT2D eigenvalue weighted by atomic mass is 10.1. The first kappa shape index (κ1) is 19.9. The van der Waals surface area contributed by atoms with Crippen LogP contribution in [0.25, 0.3) is 6.08 Å². The fourth-order valence-corrected chi connectivity index (χ4v) is 2.96. The first-order chi connectivity index (χ1) is 13.3. The molecule has 0 aliphatic carbocycles. The third-order valence-corrected chi connectivity index (χ3v) is 4.36. The van der Waals surface area contributed by atoms with Gasteiger partial charge in [-0.25, -0.2) is 9.69 Å². The third kappa shape index (κ3) is 4.18. The molecule has 3 rings (SSSR count). The zero-order chi connectivity index (χ0) is 20.4. The van der Waals surface area contributed by atoms with Gasteiger partial charge >= 0.3 is 6.03 Å². The number of hydrogen-bond acceptors (Lipinski definition) is 4. The van der Waals surface area contributed by atoms with Gasteiger partial charge in [0.05, 0.1) is 16.8 Å². The number of anilines is 1. The molecule has 28 heavy (non-hydrogen) atoms. The minimum Gasteiger partial charge on any atom is -0.489 e. The molecule has 8 heteroatoms. The van der Waals surface area contributed by atoms with Gasteiger partial charge in [-0.2, -0.15) is 0 Å². The van der Waals surface area contributed by atoms with E-state index < -0.39 is 17.8 Å². The second-order valence-corrected chi connectivity index (χ2v) is 7.13. The first-order valence-electron chi connectivity index (χ1n) is 8.39. The number of hydrogen-bond donors (Lipinski definition) is 1. The summed E-state index contributed by atoms with van der Waals surface area (Å²) < 4.78 is 5.57. The smallest absolute Gasteiger partial charge is 0.335 e. The van der Waals surface area contributed by atoms with Gasteiger partial charge in [0.1, 0.15) is 11.3 Å². The molecule has 2 aromatic rings. The van der Waals surface area contributed by atoms with Crippen LogP contribution in [-0.2, 0) is 9.59 Å². The highest BCUT2D eigenvalue weighted by atomic mass is 35.5. The number of carbonyl (C=O) groups is 3. The number of halogens is 2. The zero-order valence-electron chi connectivity index (χ0n) is 15.0. The van der Waals surface area contributed by atoms with Crippen LogP contribution in [0.15, 0.2) is 48.0 Å². The molecular formula is C20H16Cl2N2O4. The van der Waals surface area contributed by atoms with Crippen molar-refractivity contribution in [1.82, 2.24) is 5.32 Å². The number of imide groups is 2. The Morgan fingerprint density at radius 3 is 2.32 bits per heavy atom. The van der Waals surface area contributed by atoms with Gasteiger partial charge in [0.25, 0.3) is 11.8 Å². The Morgan fingerprint density at radius 1 is 1.04 bits per heavy atom. The van der Waals surface area contributed by atoms with Crippen molar-refractivity contribution in [2.24, 2.45) is 0 Å². The minimum atomic E-state index is -0.826. The Morgan fingerprint density at radius 2 is 1.71 bits per heavy atom. The molecule has 1 N–H and O–H groups in total. The molecule has 0 atom stereocenters. The average molecular weight is 419 g/mol. The van der Waals surface area contributed by atoms with Gasteiger partial charge in [-0.15, -0.1) is 0 Å². The topological polar surface area (TPSA) is 75.7 Å². The highest BCUT2D eigenvalue weighted by Gasteiger charge is 2.36. The Kier molecular flexibility index (Phi) is 5.72. The van der Waals surface area contributed by atoms with Crippen molar-refractivity contribution in [2.45, 2.75) is 20.0 Å². The van der Waals surface area contributed by atoms with Crippen molar-refractivity contribution in [3.8, 4) is 5.75 Å². The molecule has 1 saturated heterocycles. The summed E-state index contributed by atoms with van der Waals surface area (Å²) in [7, 11) is 0. The third-order valence-electron chi connectivity index (χ3n) is 3.82. The molecule has 0 bridgehead atoms. The summed E-state index contributed by atoms with van der Waals surface area (Å²) in [5.41, 5.74) is 0.622. The molecule has 1 fully saturated rings. The Hall–Kier alpha value is -2.83. The summed E-state index contributed by atoms with van der Waals surface area (Å²) in [6, 6.07) is 10.2. The van der Waals surface area contributed by atoms with Gasteiger partial charge in [-0.05, 0) is 61.9 Å². The fraction of sp³-hybridized carbons (Fsp3) is 0.150. The maximum atomic E-state index is 12.8. The van der Waals surface area contributed by atoms with E-state index in [4.69, 9.17) is 27.9 Å². The second kappa shape index (κ2) is 8.04. The highest BCUT2D eigenvalue weighted by Crippen LogP contribution is 2.28. The van der Waals surface area contributed by atoms with Gasteiger partial charge in [0, 0.05) is 5.02 Å². The standard InChI is InChI=1S/C20H16Cl2N2O4/c1-11(2)28-17-8-3-12(10-16(17)22)9-15-18(25)23-20(27)24(19(15)26)14-6-4-13(21)5-7-14/h3-11H,1-2H3,(H,23,25,27)/b15-9+. The van der Waals surface area contributed by atoms with E-state index in [1.165, 1.54) is 18.2 Å². The summed E-state index contributed by atoms with van der Waals surface area (Å²) in [6.07, 6.45) is 1.32. The summed E-state index contributed by atoms with van der Waals surface area (Å²) in [5, 5.41) is 2.97. The van der Waals surface area contributed by atoms with Crippen molar-refractivity contribution >= 4 is 52.8 Å². The molecule has 144 valence electrons. The summed E-state index contributed by atoms with van der Waals surface area (Å²) in [5.74, 6) is -1.02. The van der Waals surface area contributed by atoms with Crippen LogP contribution < -0.4 is 15.0 Å². The number of amides is 4. The lowest BCUT2D eigenvalue weighted by Gasteiger charge is -2.26. The molecule has 0 saturated carbocycles. The molecule has 0 unspecified atom stereocenters. The molecule has 6 nitrogen and oxygen atoms in total. The van der Waals surface area contributed by atoms with E-state index >= 15 is 0 Å². The SMILES string of the molecule is CC(C)Oc1ccc(/C=C2\C(=O)NC(=O)N(c3ccc(Cl)cc3)C2=O)cc1Cl. The van der Waals surface area contributed by atoms with Crippen molar-refractivity contribution in [1.29, 1.82) is 0 Å². The van der Waals surface area contributed by atoms with Crippen LogP contribution >= 0.6 is 23.2 Å². The number of nitrogens with one attached hydrogen (secondary N) is 1. The average Bonchev–Trinajstić information content (AvgIpc) is 2.62. The lowest BCUT2D eigenvalue weighted by Crippen LogP contribution is -2.54. The highest BCUT2D eigenvalue weighted by molar-refractivity contribution is 6.39. The largest absolute Gasteiger partial charge is 0.489 e. The minimum absolute atomic E-state index is 0.0497. The van der Waals surface area contributed by atoms with Crippen LogP contribution in [0.2, 0.25) is 10.0 Å². The van der Waals surface area contributed by atoms with E-state index in [1.807, 2.05) is 13.8 Å². The maximum Gasteiger partial charge on any atom is 0.335 e. The number of ether oxygens (including phenoxy) is 1. The van der Waals surface area contributed by atoms with E-state index in [0.717, 1.165) is 4.90 Å². The molecule has 0 radical (unpaired) electrons. The molecule has 0 aromatic heterocycles. The van der Waals surface area contributed by atoms with Crippen molar-refractivity contribution in [2.75, 3.05) is 4.90 Å². The van der Waals surface area contributed by atoms with Gasteiger partial charge in [-0.3, -0.25) is 14.9 Å². The summed E-state index contributed by atoms with van der Waals surface area (Å²) in [4.78, 5) is 38.1. The summed E-state index contributed by atoms with van der Waals surface area (Å²) in [6.45, 7) is 3.75. The quantitative estimate of drug-likeness (QED) is 0.587. The van der Waals surface area contributed by atoms with E-state index in [-0.39, 0.29) is 11.7 Å². The number of barbiturate groups is 1. The molecular weight excluding hydrogens is 403 g/mol. The Bertz CT molecular complexity index is 984. The molecule has 1 heterocycles. The van der Waals surface area contributed by atoms with Crippen LogP contribution in [0.1, 0.15) is 19.4 Å². The molecule has 1 aliphatic rings. The van der Waals surface area contributed by atoms with Gasteiger partial charge in [0.15, 0.2) is 0 Å². The first-order valence-corrected chi connectivity index (χ1v) is 9.15. The monoisotopic (exact) mass is 418 g/mol. The van der Waals surface area contributed by atoms with E-state index in [0.29, 0.717) is 27.0 Å². The van der Waals surface area contributed by atoms with Crippen LogP contribution in [-0.4, -0.2) is 23.9 Å². The molecule has 2 aromatic carbocycles. The van der Waals surface area contributed by atoms with E-state index in [9.17, 15) is 14.4 Å². The number of rotatable bonds is 4. The molecule has 4 amide bonds. The lowest BCUT2D eigenvalue weighted by molar-refractivity contribution is -0.122. The van der Waals surface area contributed by atoms with E-state index in [1.54, 1.807) is 30.3 Å². The van der Waals surface area contributed by atoms with E-state index in [2.05, 4.69) is 5.32 Å². The number of benzene rings is 2. The normalized spacial score (nSPS) is 16.0. The zero-order valence-corrected chi connectivity index (χ0v) is 16.5. The van der Waals surface area contributed by atoms with Crippen LogP contribution in [0.3, 0.4) is 0 Å². The van der Waals surface area contributed by atoms with Crippen LogP contribution in [0.4, 0.5) is 10.5 Å². The second-order valence-electron chi connectivity index (χ2n) is 6.29. The van der Waals surface area contributed by atoms with Crippen molar-refractivity contribution in [3.63, 3.8) is 0 Å². The van der Waals surface area contributed by atoms with Gasteiger partial charge < -0.3 is 4.74 Å². The van der Waals surface area contributed by atoms with Gasteiger partial charge in [0.2, 0.25) is 0 Å². The van der Waals surface area contributed by atoms with Crippen molar-refractivity contribution in [3.05, 3.63) is 63.6 Å². The number of urea groups is 1. The Labute approximate surface area is 171 Å². The Balaban J connectivity index is 1.95. The summed E-state index contributed by atoms with van der Waals surface area (Å²) >= 11 is 12.1. The maximum absolute atomic E-state index is 12.8. The predicted molar refractivity (Wildman–Crippen MR) is 108 cm³/mol. The van der Waals surface area contributed by atoms with Crippen LogP contribution in [0.5, 0.6) is 5.75 Å². The van der Waals surface area contributed by atoms with Gasteiger partial charge in [-0.1, -0.05) is 29.3 Å². The number of nitrogens with zero attached hydrogens (tertiary/aromatic N) is 1. The fourth-order valence-electron chi connectivity index (χ4n) is 2.61. The molecule has 0 spiro atoms. The van der Waals surface area contributed by atoms with Crippen LogP contribution in [0, 0.1) is 0 Å².